The zero-order valence-corrected chi connectivity index (χ0v) is 9.98. The number of anilines is 1. The number of carboxylic acids is 1. The van der Waals surface area contributed by atoms with E-state index in [0.29, 0.717) is 18.0 Å². The molecule has 0 aromatic heterocycles. The molecule has 1 heterocycles. The zero-order chi connectivity index (χ0) is 13.0. The van der Waals surface area contributed by atoms with Crippen LogP contribution in [0.5, 0.6) is 0 Å². The van der Waals surface area contributed by atoms with Gasteiger partial charge in [0.05, 0.1) is 11.3 Å². The van der Waals surface area contributed by atoms with Crippen molar-refractivity contribution in [3.8, 4) is 0 Å². The molecule has 1 amide bonds. The molecule has 1 aromatic rings. The van der Waals surface area contributed by atoms with E-state index in [9.17, 15) is 9.59 Å². The molecule has 0 saturated carbocycles. The van der Waals surface area contributed by atoms with Crippen LogP contribution >= 0.6 is 0 Å². The van der Waals surface area contributed by atoms with E-state index in [2.05, 4.69) is 10.6 Å². The van der Waals surface area contributed by atoms with Crippen molar-refractivity contribution in [2.45, 2.75) is 12.8 Å². The number of benzene rings is 1. The number of carbonyl (C=O) groups excluding carboxylic acids is 1. The summed E-state index contributed by atoms with van der Waals surface area (Å²) in [6, 6.07) is 6.43. The van der Waals surface area contributed by atoms with Gasteiger partial charge in [0.25, 0.3) is 0 Å². The summed E-state index contributed by atoms with van der Waals surface area (Å²) in [4.78, 5) is 22.8. The fourth-order valence-electron chi connectivity index (χ4n) is 2.13. The van der Waals surface area contributed by atoms with Crippen LogP contribution in [0, 0.1) is 5.92 Å². The molecule has 18 heavy (non-hydrogen) atoms. The molecule has 1 atom stereocenters. The average molecular weight is 248 g/mol. The molecule has 1 aliphatic rings. The lowest BCUT2D eigenvalue weighted by Crippen LogP contribution is -2.19. The van der Waals surface area contributed by atoms with Gasteiger partial charge in [-0.3, -0.25) is 4.79 Å². The molecular weight excluding hydrogens is 232 g/mol. The molecule has 0 aliphatic carbocycles. The van der Waals surface area contributed by atoms with Crippen LogP contribution in [-0.2, 0) is 4.79 Å². The smallest absolute Gasteiger partial charge is 0.337 e. The summed E-state index contributed by atoms with van der Waals surface area (Å²) in [5.41, 5.74) is 0.483. The predicted octanol–water partition coefficient (Wildman–Crippen LogP) is 1.32. The van der Waals surface area contributed by atoms with E-state index >= 15 is 0 Å². The van der Waals surface area contributed by atoms with Crippen LogP contribution in [-0.4, -0.2) is 30.1 Å². The van der Waals surface area contributed by atoms with Crippen molar-refractivity contribution in [2.75, 3.05) is 18.4 Å². The highest BCUT2D eigenvalue weighted by Gasteiger charge is 2.19. The van der Waals surface area contributed by atoms with Crippen molar-refractivity contribution in [1.82, 2.24) is 5.32 Å². The SMILES string of the molecule is O=C(CC1CCNC1)Nc1ccccc1C(=O)O. The van der Waals surface area contributed by atoms with Gasteiger partial charge < -0.3 is 15.7 Å². The standard InChI is InChI=1S/C13H16N2O3/c16-12(7-9-5-6-14-8-9)15-11-4-2-1-3-10(11)13(17)18/h1-4,9,14H,5-8H2,(H,15,16)(H,17,18). The number of rotatable bonds is 4. The largest absolute Gasteiger partial charge is 0.478 e. The van der Waals surface area contributed by atoms with Crippen LogP contribution in [0.1, 0.15) is 23.2 Å². The first-order chi connectivity index (χ1) is 8.66. The number of hydrogen-bond donors (Lipinski definition) is 3. The van der Waals surface area contributed by atoms with Gasteiger partial charge in [0.15, 0.2) is 0 Å². The van der Waals surface area contributed by atoms with Crippen molar-refractivity contribution >= 4 is 17.6 Å². The third-order valence-electron chi connectivity index (χ3n) is 3.07. The van der Waals surface area contributed by atoms with Crippen molar-refractivity contribution in [3.05, 3.63) is 29.8 Å². The van der Waals surface area contributed by atoms with Crippen molar-refractivity contribution in [2.24, 2.45) is 5.92 Å². The van der Waals surface area contributed by atoms with Crippen LogP contribution in [0.3, 0.4) is 0 Å². The molecule has 1 saturated heterocycles. The predicted molar refractivity (Wildman–Crippen MR) is 67.6 cm³/mol. The second-order valence-electron chi connectivity index (χ2n) is 4.46. The fraction of sp³-hybridized carbons (Fsp3) is 0.385. The summed E-state index contributed by atoms with van der Waals surface area (Å²) >= 11 is 0. The van der Waals surface area contributed by atoms with Gasteiger partial charge in [-0.25, -0.2) is 4.79 Å². The summed E-state index contributed by atoms with van der Waals surface area (Å²) in [5.74, 6) is -0.812. The van der Waals surface area contributed by atoms with Crippen LogP contribution in [0.4, 0.5) is 5.69 Å². The van der Waals surface area contributed by atoms with Gasteiger partial charge >= 0.3 is 5.97 Å². The highest BCUT2D eigenvalue weighted by molar-refractivity contribution is 6.00. The van der Waals surface area contributed by atoms with Crippen molar-refractivity contribution in [3.63, 3.8) is 0 Å². The van der Waals surface area contributed by atoms with Gasteiger partial charge in [-0.1, -0.05) is 12.1 Å². The van der Waals surface area contributed by atoms with E-state index in [0.717, 1.165) is 19.5 Å². The summed E-state index contributed by atoms with van der Waals surface area (Å²) < 4.78 is 0. The molecule has 1 aromatic carbocycles. The maximum absolute atomic E-state index is 11.8. The lowest BCUT2D eigenvalue weighted by Gasteiger charge is -2.10. The minimum atomic E-state index is -1.03. The molecule has 2 rings (SSSR count). The van der Waals surface area contributed by atoms with Gasteiger partial charge in [0.2, 0.25) is 5.91 Å². The quantitative estimate of drug-likeness (QED) is 0.751. The summed E-state index contributed by atoms with van der Waals surface area (Å²) in [5, 5.41) is 14.9. The number of carboxylic acid groups (broad SMARTS) is 1. The second-order valence-corrected chi connectivity index (χ2v) is 4.46. The van der Waals surface area contributed by atoms with Gasteiger partial charge in [-0.2, -0.15) is 0 Å². The molecule has 1 aliphatic heterocycles. The van der Waals surface area contributed by atoms with Crippen molar-refractivity contribution in [1.29, 1.82) is 0 Å². The summed E-state index contributed by atoms with van der Waals surface area (Å²) in [6.45, 7) is 1.80. The molecule has 1 unspecified atom stereocenters. The number of para-hydroxylation sites is 1. The van der Waals surface area contributed by atoms with E-state index in [1.54, 1.807) is 18.2 Å². The molecule has 1 fully saturated rings. The third kappa shape index (κ3) is 3.07. The number of aromatic carboxylic acids is 1. The van der Waals surface area contributed by atoms with Crippen molar-refractivity contribution < 1.29 is 14.7 Å². The van der Waals surface area contributed by atoms with Gasteiger partial charge in [0, 0.05) is 6.42 Å². The first-order valence-corrected chi connectivity index (χ1v) is 5.99. The molecular formula is C13H16N2O3. The second kappa shape index (κ2) is 5.64. The average Bonchev–Trinajstić information content (AvgIpc) is 2.82. The maximum atomic E-state index is 11.8. The van der Waals surface area contributed by atoms with E-state index in [1.165, 1.54) is 6.07 Å². The lowest BCUT2D eigenvalue weighted by atomic mass is 10.0. The van der Waals surface area contributed by atoms with E-state index < -0.39 is 5.97 Å². The van der Waals surface area contributed by atoms with Gasteiger partial charge in [-0.05, 0) is 37.6 Å². The highest BCUT2D eigenvalue weighted by atomic mass is 16.4. The Labute approximate surface area is 105 Å². The Hall–Kier alpha value is -1.88. The Balaban J connectivity index is 2.00. The molecule has 0 bridgehead atoms. The monoisotopic (exact) mass is 248 g/mol. The highest BCUT2D eigenvalue weighted by Crippen LogP contribution is 2.17. The Morgan fingerprint density at radius 2 is 2.17 bits per heavy atom. The Bertz CT molecular complexity index is 453. The molecule has 5 heteroatoms. The zero-order valence-electron chi connectivity index (χ0n) is 9.98. The van der Waals surface area contributed by atoms with Crippen LogP contribution in [0.15, 0.2) is 24.3 Å². The van der Waals surface area contributed by atoms with E-state index in [-0.39, 0.29) is 11.5 Å². The van der Waals surface area contributed by atoms with E-state index in [1.807, 2.05) is 0 Å². The minimum absolute atomic E-state index is 0.121. The third-order valence-corrected chi connectivity index (χ3v) is 3.07. The summed E-state index contributed by atoms with van der Waals surface area (Å²) in [7, 11) is 0. The van der Waals surface area contributed by atoms with Gasteiger partial charge in [-0.15, -0.1) is 0 Å². The van der Waals surface area contributed by atoms with Gasteiger partial charge in [0.1, 0.15) is 0 Å². The number of nitrogens with one attached hydrogen (secondary N) is 2. The molecule has 3 N–H and O–H groups in total. The number of hydrogen-bond acceptors (Lipinski definition) is 3. The minimum Gasteiger partial charge on any atom is -0.478 e. The Kier molecular flexibility index (Phi) is 3.94. The maximum Gasteiger partial charge on any atom is 0.337 e. The Morgan fingerprint density at radius 1 is 1.39 bits per heavy atom. The first-order valence-electron chi connectivity index (χ1n) is 5.99. The first kappa shape index (κ1) is 12.6. The molecule has 0 radical (unpaired) electrons. The van der Waals surface area contributed by atoms with E-state index in [4.69, 9.17) is 5.11 Å². The van der Waals surface area contributed by atoms with Crippen LogP contribution in [0.25, 0.3) is 0 Å². The number of carbonyl (C=O) groups is 2. The van der Waals surface area contributed by atoms with Crippen LogP contribution < -0.4 is 10.6 Å². The normalized spacial score (nSPS) is 18.6. The van der Waals surface area contributed by atoms with Crippen LogP contribution in [0.2, 0.25) is 0 Å². The lowest BCUT2D eigenvalue weighted by molar-refractivity contribution is -0.116. The fourth-order valence-corrected chi connectivity index (χ4v) is 2.13. The molecule has 5 nitrogen and oxygen atoms in total. The topological polar surface area (TPSA) is 78.4 Å². The Morgan fingerprint density at radius 3 is 2.83 bits per heavy atom. The summed E-state index contributed by atoms with van der Waals surface area (Å²) in [6.07, 6.45) is 1.43. The molecule has 96 valence electrons. The number of amides is 1. The molecule has 0 spiro atoms.